The van der Waals surface area contributed by atoms with Crippen LogP contribution >= 0.6 is 0 Å². The van der Waals surface area contributed by atoms with Crippen molar-refractivity contribution in [2.75, 3.05) is 0 Å². The topological polar surface area (TPSA) is 20.2 Å². The maximum absolute atomic E-state index is 8.99. The predicted octanol–water partition coefficient (Wildman–Crippen LogP) is -2.68. The number of benzene rings is 1. The molecule has 1 aliphatic rings. The largest absolute Gasteiger partial charge is 1.00 e. The fourth-order valence-electron chi connectivity index (χ4n) is 1.29. The summed E-state index contributed by atoms with van der Waals surface area (Å²) in [5.74, 6) is 0.354. The first-order valence-corrected chi connectivity index (χ1v) is 4.67. The second-order valence-electron chi connectivity index (χ2n) is 3.35. The molecule has 1 aromatic rings. The normalized spacial score (nSPS) is 10.2. The van der Waals surface area contributed by atoms with E-state index in [1.165, 1.54) is 0 Å². The Labute approximate surface area is 131 Å². The summed E-state index contributed by atoms with van der Waals surface area (Å²) >= 11 is 0. The van der Waals surface area contributed by atoms with Crippen molar-refractivity contribution in [2.24, 2.45) is 0 Å². The quantitative estimate of drug-likeness (QED) is 0.409. The van der Waals surface area contributed by atoms with Crippen molar-refractivity contribution in [3.63, 3.8) is 0 Å². The van der Waals surface area contributed by atoms with Crippen LogP contribution in [0.3, 0.4) is 0 Å². The van der Waals surface area contributed by atoms with Crippen LogP contribution in [0.25, 0.3) is 0 Å². The van der Waals surface area contributed by atoms with E-state index in [9.17, 15) is 0 Å². The summed E-state index contributed by atoms with van der Waals surface area (Å²) < 4.78 is 0. The Hall–Kier alpha value is -0.206. The molecule has 1 N–H and O–H groups in total. The van der Waals surface area contributed by atoms with Gasteiger partial charge >= 0.3 is 0 Å². The number of rotatable bonds is 0. The molecule has 0 aromatic heterocycles. The summed E-state index contributed by atoms with van der Waals surface area (Å²) in [5.41, 5.74) is 2.21. The number of aryl methyl sites for hydroxylation is 2. The van der Waals surface area contributed by atoms with Crippen LogP contribution in [-0.4, -0.2) is 5.11 Å². The molecule has 17 heavy (non-hydrogen) atoms. The maximum Gasteiger partial charge on any atom is 0.116 e. The molecular formula is C13H15Cl2OTi-3. The SMILES string of the molecule is Cc1cc(C)cc(O)c1.[C-]1=CC=CC1.[Cl-].[Cl-].[Ti]. The Morgan fingerprint density at radius 2 is 1.59 bits per heavy atom. The minimum absolute atomic E-state index is 0. The van der Waals surface area contributed by atoms with Gasteiger partial charge in [0, 0.05) is 21.7 Å². The van der Waals surface area contributed by atoms with Gasteiger partial charge in [-0.3, -0.25) is 6.08 Å². The van der Waals surface area contributed by atoms with Gasteiger partial charge in [-0.2, -0.15) is 6.08 Å². The molecule has 1 nitrogen and oxygen atoms in total. The van der Waals surface area contributed by atoms with Crippen LogP contribution in [0.1, 0.15) is 17.5 Å². The molecule has 1 aliphatic carbocycles. The summed E-state index contributed by atoms with van der Waals surface area (Å²) in [6, 6.07) is 5.51. The predicted molar refractivity (Wildman–Crippen MR) is 59.2 cm³/mol. The Morgan fingerprint density at radius 3 is 1.82 bits per heavy atom. The van der Waals surface area contributed by atoms with Crippen molar-refractivity contribution < 1.29 is 51.6 Å². The van der Waals surface area contributed by atoms with Crippen molar-refractivity contribution in [3.8, 4) is 5.75 Å². The van der Waals surface area contributed by atoms with Gasteiger partial charge in [0.15, 0.2) is 0 Å². The summed E-state index contributed by atoms with van der Waals surface area (Å²) in [7, 11) is 0. The Bertz CT molecular complexity index is 302. The van der Waals surface area contributed by atoms with Crippen LogP contribution in [-0.2, 0) is 21.7 Å². The minimum atomic E-state index is 0. The zero-order valence-electron chi connectivity index (χ0n) is 9.87. The number of phenolic OH excluding ortho intramolecular Hbond substituents is 1. The molecule has 4 heteroatoms. The third kappa shape index (κ3) is 10.7. The Kier molecular flexibility index (Phi) is 15.9. The van der Waals surface area contributed by atoms with Gasteiger partial charge in [0.05, 0.1) is 0 Å². The van der Waals surface area contributed by atoms with Crippen molar-refractivity contribution in [2.45, 2.75) is 20.3 Å². The van der Waals surface area contributed by atoms with E-state index >= 15 is 0 Å². The number of hydrogen-bond acceptors (Lipinski definition) is 1. The molecule has 0 fully saturated rings. The number of phenols is 1. The van der Waals surface area contributed by atoms with Gasteiger partial charge in [-0.1, -0.05) is 6.07 Å². The van der Waals surface area contributed by atoms with E-state index in [4.69, 9.17) is 5.11 Å². The van der Waals surface area contributed by atoms with Crippen LogP contribution < -0.4 is 24.8 Å². The molecule has 0 saturated carbocycles. The van der Waals surface area contributed by atoms with E-state index in [1.807, 2.05) is 32.1 Å². The fraction of sp³-hybridized carbons (Fsp3) is 0.231. The first-order chi connectivity index (χ1) is 6.68. The smallest absolute Gasteiger partial charge is 0.116 e. The van der Waals surface area contributed by atoms with Crippen molar-refractivity contribution in [1.82, 2.24) is 0 Å². The number of halogens is 2. The summed E-state index contributed by atoms with van der Waals surface area (Å²) in [6.45, 7) is 3.93. The number of hydrogen-bond donors (Lipinski definition) is 1. The van der Waals surface area contributed by atoms with Gasteiger partial charge in [0.1, 0.15) is 5.75 Å². The third-order valence-electron chi connectivity index (χ3n) is 1.79. The second kappa shape index (κ2) is 12.3. The second-order valence-corrected chi connectivity index (χ2v) is 3.35. The maximum atomic E-state index is 8.99. The molecule has 0 heterocycles. The zero-order valence-corrected chi connectivity index (χ0v) is 12.9. The average molecular weight is 306 g/mol. The van der Waals surface area contributed by atoms with Crippen molar-refractivity contribution in [1.29, 1.82) is 0 Å². The molecule has 0 atom stereocenters. The molecule has 2 rings (SSSR count). The monoisotopic (exact) mass is 305 g/mol. The fourth-order valence-corrected chi connectivity index (χ4v) is 1.29. The average Bonchev–Trinajstić information content (AvgIpc) is 2.56. The molecule has 94 valence electrons. The van der Waals surface area contributed by atoms with E-state index < -0.39 is 0 Å². The van der Waals surface area contributed by atoms with E-state index in [-0.39, 0.29) is 46.5 Å². The molecule has 0 amide bonds. The molecule has 0 radical (unpaired) electrons. The molecule has 0 saturated heterocycles. The number of aromatic hydroxyl groups is 1. The van der Waals surface area contributed by atoms with Crippen LogP contribution in [0.4, 0.5) is 0 Å². The van der Waals surface area contributed by atoms with Gasteiger partial charge < -0.3 is 29.9 Å². The minimum Gasteiger partial charge on any atom is -1.00 e. The van der Waals surface area contributed by atoms with Crippen molar-refractivity contribution >= 4 is 0 Å². The Morgan fingerprint density at radius 1 is 1.06 bits per heavy atom. The van der Waals surface area contributed by atoms with E-state index in [0.29, 0.717) is 5.75 Å². The van der Waals surface area contributed by atoms with Crippen LogP contribution in [0.5, 0.6) is 5.75 Å². The zero-order chi connectivity index (χ0) is 10.4. The molecule has 0 unspecified atom stereocenters. The standard InChI is InChI=1S/C8H10O.C5H5.2ClH.Ti/c1-6-3-7(2)5-8(9)4-6;1-2-4-5-3-1;;;/h3-5,9H,1-2H3;1-3H,4H2;2*1H;/q;-1;;;/p-2. The molecular weight excluding hydrogens is 291 g/mol. The van der Waals surface area contributed by atoms with Gasteiger partial charge in [0.25, 0.3) is 0 Å². The van der Waals surface area contributed by atoms with Gasteiger partial charge in [-0.05, 0) is 37.1 Å². The van der Waals surface area contributed by atoms with E-state index in [0.717, 1.165) is 17.5 Å². The number of allylic oxidation sites excluding steroid dienone is 4. The molecule has 0 spiro atoms. The molecule has 0 bridgehead atoms. The van der Waals surface area contributed by atoms with Gasteiger partial charge in [-0.15, -0.1) is 6.42 Å². The van der Waals surface area contributed by atoms with E-state index in [2.05, 4.69) is 12.2 Å². The summed E-state index contributed by atoms with van der Waals surface area (Å²) in [6.07, 6.45) is 10.0. The summed E-state index contributed by atoms with van der Waals surface area (Å²) in [5, 5.41) is 8.99. The molecule has 1 aromatic carbocycles. The van der Waals surface area contributed by atoms with Crippen LogP contribution in [0, 0.1) is 19.9 Å². The first-order valence-electron chi connectivity index (χ1n) is 4.67. The van der Waals surface area contributed by atoms with E-state index in [1.54, 1.807) is 12.1 Å². The Balaban J connectivity index is -0.000000216. The summed E-state index contributed by atoms with van der Waals surface area (Å²) in [4.78, 5) is 0. The van der Waals surface area contributed by atoms with Crippen LogP contribution in [0.15, 0.2) is 36.4 Å². The third-order valence-corrected chi connectivity index (χ3v) is 1.79. The van der Waals surface area contributed by atoms with Gasteiger partial charge in [0.2, 0.25) is 0 Å². The van der Waals surface area contributed by atoms with Gasteiger partial charge in [-0.25, -0.2) is 12.2 Å². The molecule has 0 aliphatic heterocycles. The van der Waals surface area contributed by atoms with Crippen LogP contribution in [0.2, 0.25) is 0 Å². The van der Waals surface area contributed by atoms with Crippen molar-refractivity contribution in [3.05, 3.63) is 53.6 Å². The first kappa shape index (κ1) is 22.0.